The summed E-state index contributed by atoms with van der Waals surface area (Å²) in [6.45, 7) is 4.11. The van der Waals surface area contributed by atoms with Crippen molar-refractivity contribution in [2.75, 3.05) is 7.11 Å². The molecule has 0 heterocycles. The highest BCUT2D eigenvalue weighted by molar-refractivity contribution is 5.69. The molecule has 1 saturated carbocycles. The zero-order valence-electron chi connectivity index (χ0n) is 9.95. The molecule has 1 fully saturated rings. The molecule has 0 aliphatic heterocycles. The Labute approximate surface area is 91.8 Å². The number of rotatable bonds is 3. The lowest BCUT2D eigenvalue weighted by molar-refractivity contribution is -0.142. The number of carbonyl (C=O) groups excluding carboxylic acids is 1. The molecule has 15 heavy (non-hydrogen) atoms. The second-order valence-corrected chi connectivity index (χ2v) is 4.98. The summed E-state index contributed by atoms with van der Waals surface area (Å²) in [5.41, 5.74) is -0.507. The summed E-state index contributed by atoms with van der Waals surface area (Å²) in [5, 5.41) is 10.2. The molecule has 0 atom stereocenters. The number of hydrogen-bond donors (Lipinski definition) is 1. The maximum Gasteiger partial charge on any atom is 0.305 e. The van der Waals surface area contributed by atoms with E-state index in [1.54, 1.807) is 0 Å². The van der Waals surface area contributed by atoms with Gasteiger partial charge in [0.2, 0.25) is 0 Å². The molecule has 0 aromatic carbocycles. The van der Waals surface area contributed by atoms with Crippen molar-refractivity contribution in [3.63, 3.8) is 0 Å². The Morgan fingerprint density at radius 2 is 2.00 bits per heavy atom. The van der Waals surface area contributed by atoms with Gasteiger partial charge in [0.25, 0.3) is 0 Å². The number of esters is 1. The topological polar surface area (TPSA) is 46.5 Å². The van der Waals surface area contributed by atoms with E-state index in [4.69, 9.17) is 0 Å². The van der Waals surface area contributed by atoms with Crippen molar-refractivity contribution in [2.45, 2.75) is 51.6 Å². The van der Waals surface area contributed by atoms with Gasteiger partial charge >= 0.3 is 5.97 Å². The van der Waals surface area contributed by atoms with Crippen LogP contribution in [0.3, 0.4) is 0 Å². The fraction of sp³-hybridized carbons (Fsp3) is 0.917. The zero-order chi connectivity index (χ0) is 11.5. The first-order chi connectivity index (χ1) is 6.98. The van der Waals surface area contributed by atoms with Crippen LogP contribution in [0, 0.1) is 11.8 Å². The summed E-state index contributed by atoms with van der Waals surface area (Å²) in [5.74, 6) is 0.572. The zero-order valence-corrected chi connectivity index (χ0v) is 9.95. The van der Waals surface area contributed by atoms with Gasteiger partial charge in [-0.25, -0.2) is 0 Å². The van der Waals surface area contributed by atoms with Gasteiger partial charge in [-0.1, -0.05) is 13.8 Å². The summed E-state index contributed by atoms with van der Waals surface area (Å²) in [6.07, 6.45) is 4.00. The molecule has 88 valence electrons. The lowest BCUT2D eigenvalue weighted by Crippen LogP contribution is -2.39. The van der Waals surface area contributed by atoms with Crippen LogP contribution in [0.2, 0.25) is 0 Å². The van der Waals surface area contributed by atoms with Crippen molar-refractivity contribution in [1.29, 1.82) is 0 Å². The average Bonchev–Trinajstić information content (AvgIpc) is 2.21. The maximum absolute atomic E-state index is 11.1. The molecule has 1 aliphatic rings. The highest BCUT2D eigenvalue weighted by Crippen LogP contribution is 2.38. The van der Waals surface area contributed by atoms with Crippen LogP contribution in [0.5, 0.6) is 0 Å². The monoisotopic (exact) mass is 214 g/mol. The SMILES string of the molecule is COC(=O)CC1CCC(O)(C(C)C)CC1. The minimum Gasteiger partial charge on any atom is -0.469 e. The molecule has 0 saturated heterocycles. The first kappa shape index (κ1) is 12.5. The van der Waals surface area contributed by atoms with Gasteiger partial charge in [-0.05, 0) is 37.5 Å². The third-order valence-corrected chi connectivity index (χ3v) is 3.73. The van der Waals surface area contributed by atoms with Crippen molar-refractivity contribution in [2.24, 2.45) is 11.8 Å². The summed E-state index contributed by atoms with van der Waals surface area (Å²) in [4.78, 5) is 11.1. The summed E-state index contributed by atoms with van der Waals surface area (Å²) in [6, 6.07) is 0. The van der Waals surface area contributed by atoms with E-state index >= 15 is 0 Å². The van der Waals surface area contributed by atoms with Gasteiger partial charge in [-0.15, -0.1) is 0 Å². The van der Waals surface area contributed by atoms with Gasteiger partial charge < -0.3 is 9.84 Å². The first-order valence-corrected chi connectivity index (χ1v) is 5.77. The fourth-order valence-corrected chi connectivity index (χ4v) is 2.28. The van der Waals surface area contributed by atoms with E-state index in [2.05, 4.69) is 18.6 Å². The Hall–Kier alpha value is -0.570. The van der Waals surface area contributed by atoms with Crippen LogP contribution in [0.15, 0.2) is 0 Å². The molecule has 0 aromatic heterocycles. The van der Waals surface area contributed by atoms with Crippen LogP contribution in [-0.2, 0) is 9.53 Å². The maximum atomic E-state index is 11.1. The highest BCUT2D eigenvalue weighted by atomic mass is 16.5. The largest absolute Gasteiger partial charge is 0.469 e. The number of ether oxygens (including phenoxy) is 1. The average molecular weight is 214 g/mol. The number of methoxy groups -OCH3 is 1. The standard InChI is InChI=1S/C12H22O3/c1-9(2)12(14)6-4-10(5-7-12)8-11(13)15-3/h9-10,14H,4-8H2,1-3H3. The number of carbonyl (C=O) groups is 1. The molecule has 0 unspecified atom stereocenters. The minimum atomic E-state index is -0.507. The van der Waals surface area contributed by atoms with Gasteiger partial charge in [-0.3, -0.25) is 4.79 Å². The quantitative estimate of drug-likeness (QED) is 0.732. The molecule has 3 nitrogen and oxygen atoms in total. The summed E-state index contributed by atoms with van der Waals surface area (Å²) >= 11 is 0. The molecule has 0 radical (unpaired) electrons. The van der Waals surface area contributed by atoms with E-state index in [-0.39, 0.29) is 5.97 Å². The van der Waals surface area contributed by atoms with Gasteiger partial charge in [0, 0.05) is 6.42 Å². The van der Waals surface area contributed by atoms with E-state index in [9.17, 15) is 9.90 Å². The molecule has 1 aliphatic carbocycles. The lowest BCUT2D eigenvalue weighted by Gasteiger charge is -2.38. The van der Waals surface area contributed by atoms with Crippen LogP contribution in [0.25, 0.3) is 0 Å². The van der Waals surface area contributed by atoms with Crippen LogP contribution in [0.1, 0.15) is 46.0 Å². The van der Waals surface area contributed by atoms with Gasteiger partial charge in [-0.2, -0.15) is 0 Å². The molecular formula is C12H22O3. The van der Waals surface area contributed by atoms with Crippen LogP contribution in [-0.4, -0.2) is 23.8 Å². The molecule has 0 amide bonds. The van der Waals surface area contributed by atoms with E-state index < -0.39 is 5.60 Å². The molecule has 0 aromatic rings. The van der Waals surface area contributed by atoms with Crippen molar-refractivity contribution in [1.82, 2.24) is 0 Å². The van der Waals surface area contributed by atoms with Crippen LogP contribution in [0.4, 0.5) is 0 Å². The van der Waals surface area contributed by atoms with Crippen molar-refractivity contribution in [3.8, 4) is 0 Å². The minimum absolute atomic E-state index is 0.130. The molecule has 3 heteroatoms. The van der Waals surface area contributed by atoms with Gasteiger partial charge in [0.05, 0.1) is 12.7 Å². The Bertz CT molecular complexity index is 215. The van der Waals surface area contributed by atoms with Crippen molar-refractivity contribution in [3.05, 3.63) is 0 Å². The molecule has 0 spiro atoms. The van der Waals surface area contributed by atoms with Crippen molar-refractivity contribution < 1.29 is 14.6 Å². The molecular weight excluding hydrogens is 192 g/mol. The molecule has 0 bridgehead atoms. The fourth-order valence-electron chi connectivity index (χ4n) is 2.28. The second-order valence-electron chi connectivity index (χ2n) is 4.98. The predicted octanol–water partition coefficient (Wildman–Crippen LogP) is 2.13. The lowest BCUT2D eigenvalue weighted by atomic mass is 9.72. The number of aliphatic hydroxyl groups is 1. The Morgan fingerprint density at radius 3 is 2.40 bits per heavy atom. The predicted molar refractivity (Wildman–Crippen MR) is 58.4 cm³/mol. The normalized spacial score (nSPS) is 31.7. The highest BCUT2D eigenvalue weighted by Gasteiger charge is 2.36. The van der Waals surface area contributed by atoms with Crippen molar-refractivity contribution >= 4 is 5.97 Å². The second kappa shape index (κ2) is 4.97. The van der Waals surface area contributed by atoms with E-state index in [1.807, 2.05) is 0 Å². The van der Waals surface area contributed by atoms with Gasteiger partial charge in [0.15, 0.2) is 0 Å². The smallest absolute Gasteiger partial charge is 0.305 e. The Morgan fingerprint density at radius 1 is 1.47 bits per heavy atom. The van der Waals surface area contributed by atoms with E-state index in [1.165, 1.54) is 7.11 Å². The Kier molecular flexibility index (Phi) is 4.14. The summed E-state index contributed by atoms with van der Waals surface area (Å²) in [7, 11) is 1.43. The molecule has 1 rings (SSSR count). The third kappa shape index (κ3) is 3.20. The van der Waals surface area contributed by atoms with Crippen LogP contribution >= 0.6 is 0 Å². The Balaban J connectivity index is 2.39. The summed E-state index contributed by atoms with van der Waals surface area (Å²) < 4.78 is 4.65. The van der Waals surface area contributed by atoms with E-state index in [0.717, 1.165) is 25.7 Å². The number of hydrogen-bond acceptors (Lipinski definition) is 3. The third-order valence-electron chi connectivity index (χ3n) is 3.73. The van der Waals surface area contributed by atoms with Crippen LogP contribution < -0.4 is 0 Å². The first-order valence-electron chi connectivity index (χ1n) is 5.77. The van der Waals surface area contributed by atoms with E-state index in [0.29, 0.717) is 18.3 Å². The molecule has 1 N–H and O–H groups in total. The van der Waals surface area contributed by atoms with Gasteiger partial charge in [0.1, 0.15) is 0 Å².